The summed E-state index contributed by atoms with van der Waals surface area (Å²) >= 11 is 0. The first kappa shape index (κ1) is 8.89. The largest absolute Gasteiger partial charge is 0.372 e. The molecule has 0 aromatic carbocycles. The van der Waals surface area contributed by atoms with E-state index in [2.05, 4.69) is 0 Å². The number of rotatable bonds is 0. The van der Waals surface area contributed by atoms with Gasteiger partial charge in [0.2, 0.25) is 11.6 Å². The first-order valence-corrected chi connectivity index (χ1v) is 3.36. The van der Waals surface area contributed by atoms with Gasteiger partial charge in [-0.15, -0.1) is 0 Å². The van der Waals surface area contributed by atoms with Crippen molar-refractivity contribution >= 4 is 0 Å². The van der Waals surface area contributed by atoms with E-state index in [-0.39, 0.29) is 12.5 Å². The third-order valence-electron chi connectivity index (χ3n) is 1.78. The maximum absolute atomic E-state index is 9.05. The van der Waals surface area contributed by atoms with Gasteiger partial charge in [-0.3, -0.25) is 0 Å². The van der Waals surface area contributed by atoms with Crippen molar-refractivity contribution in [1.29, 1.82) is 0 Å². The van der Waals surface area contributed by atoms with E-state index in [0.29, 0.717) is 0 Å². The molecule has 0 aromatic rings. The molecule has 0 aromatic heterocycles. The predicted octanol–water partition coefficient (Wildman–Crippen LogP) is -1.84. The van der Waals surface area contributed by atoms with E-state index >= 15 is 0 Å². The molecule has 4 N–H and O–H groups in total. The van der Waals surface area contributed by atoms with Crippen molar-refractivity contribution in [2.24, 2.45) is 0 Å². The molecule has 0 amide bonds. The lowest BCUT2D eigenvalue weighted by Gasteiger charge is -2.40. The van der Waals surface area contributed by atoms with Crippen LogP contribution in [0.2, 0.25) is 0 Å². The summed E-state index contributed by atoms with van der Waals surface area (Å²) in [6.45, 7) is 1.14. The Balaban J connectivity index is 2.72. The highest BCUT2D eigenvalue weighted by Gasteiger charge is 2.51. The third-order valence-corrected chi connectivity index (χ3v) is 1.78. The van der Waals surface area contributed by atoms with Gasteiger partial charge in [-0.25, -0.2) is 0 Å². The van der Waals surface area contributed by atoms with E-state index in [1.54, 1.807) is 6.92 Å². The molecule has 0 saturated carbocycles. The lowest BCUT2D eigenvalue weighted by atomic mass is 9.97. The van der Waals surface area contributed by atoms with Crippen molar-refractivity contribution in [2.75, 3.05) is 6.61 Å². The molecule has 1 rings (SSSR count). The van der Waals surface area contributed by atoms with Gasteiger partial charge in [0.1, 0.15) is 6.61 Å². The molecule has 11 heavy (non-hydrogen) atoms. The summed E-state index contributed by atoms with van der Waals surface area (Å²) in [5.74, 6) is -5.02. The molecule has 0 radical (unpaired) electrons. The van der Waals surface area contributed by atoms with Crippen LogP contribution in [0.1, 0.15) is 13.3 Å². The Labute approximate surface area is 63.8 Å². The Morgan fingerprint density at radius 2 is 1.73 bits per heavy atom. The maximum Gasteiger partial charge on any atom is 0.242 e. The Morgan fingerprint density at radius 3 is 2.09 bits per heavy atom. The first-order valence-electron chi connectivity index (χ1n) is 3.36. The summed E-state index contributed by atoms with van der Waals surface area (Å²) < 4.78 is 4.81. The summed E-state index contributed by atoms with van der Waals surface area (Å²) in [6.07, 6.45) is -0.586. The Hall–Kier alpha value is -0.200. The average molecular weight is 164 g/mol. The van der Waals surface area contributed by atoms with Crippen LogP contribution in [0.25, 0.3) is 0 Å². The predicted molar refractivity (Wildman–Crippen MR) is 34.4 cm³/mol. The Morgan fingerprint density at radius 1 is 1.18 bits per heavy atom. The van der Waals surface area contributed by atoms with Gasteiger partial charge in [-0.1, -0.05) is 0 Å². The van der Waals surface area contributed by atoms with E-state index < -0.39 is 18.2 Å². The second kappa shape index (κ2) is 2.40. The van der Waals surface area contributed by atoms with Gasteiger partial charge in [0, 0.05) is 6.42 Å². The van der Waals surface area contributed by atoms with Gasteiger partial charge in [-0.05, 0) is 6.92 Å². The van der Waals surface area contributed by atoms with Gasteiger partial charge >= 0.3 is 0 Å². The minimum atomic E-state index is -2.56. The molecule has 1 atom stereocenters. The first-order chi connectivity index (χ1) is 4.85. The number of ether oxygens (including phenoxy) is 1. The second-order valence-corrected chi connectivity index (χ2v) is 2.96. The van der Waals surface area contributed by atoms with Crippen molar-refractivity contribution < 1.29 is 25.2 Å². The molecule has 1 unspecified atom stereocenters. The lowest BCUT2D eigenvalue weighted by molar-refractivity contribution is -0.398. The van der Waals surface area contributed by atoms with Crippen LogP contribution in [0.15, 0.2) is 0 Å². The SMILES string of the molecule is CC1CC(O)(O)C(O)(O)CO1. The van der Waals surface area contributed by atoms with Crippen LogP contribution in [0.5, 0.6) is 0 Å². The zero-order valence-corrected chi connectivity index (χ0v) is 6.19. The molecule has 0 spiro atoms. The number of aliphatic hydroxyl groups is 4. The van der Waals surface area contributed by atoms with Crippen molar-refractivity contribution in [3.8, 4) is 0 Å². The minimum Gasteiger partial charge on any atom is -0.372 e. The standard InChI is InChI=1S/C6H12O5/c1-4-2-5(7,8)6(9,10)3-11-4/h4,7-10H,2-3H2,1H3. The van der Waals surface area contributed by atoms with E-state index in [0.717, 1.165) is 0 Å². The Kier molecular flexibility index (Phi) is 1.94. The topological polar surface area (TPSA) is 90.2 Å². The van der Waals surface area contributed by atoms with E-state index in [9.17, 15) is 0 Å². The van der Waals surface area contributed by atoms with Crippen LogP contribution in [0.3, 0.4) is 0 Å². The molecule has 1 aliphatic heterocycles. The summed E-state index contributed by atoms with van der Waals surface area (Å²) in [4.78, 5) is 0. The Bertz CT molecular complexity index is 153. The van der Waals surface area contributed by atoms with Crippen LogP contribution in [0, 0.1) is 0 Å². The highest BCUT2D eigenvalue weighted by molar-refractivity contribution is 4.87. The van der Waals surface area contributed by atoms with E-state index in [1.165, 1.54) is 0 Å². The molecule has 0 aliphatic carbocycles. The zero-order valence-electron chi connectivity index (χ0n) is 6.19. The van der Waals surface area contributed by atoms with Crippen LogP contribution in [-0.4, -0.2) is 44.7 Å². The van der Waals surface area contributed by atoms with Crippen LogP contribution < -0.4 is 0 Å². The molecule has 5 heteroatoms. The van der Waals surface area contributed by atoms with Gasteiger partial charge in [0.25, 0.3) is 0 Å². The number of hydrogen-bond donors (Lipinski definition) is 4. The maximum atomic E-state index is 9.05. The van der Waals surface area contributed by atoms with Gasteiger partial charge in [-0.2, -0.15) is 0 Å². The molecule has 66 valence electrons. The zero-order chi connectivity index (χ0) is 8.70. The molecule has 1 saturated heterocycles. The molecule has 1 fully saturated rings. The highest BCUT2D eigenvalue weighted by Crippen LogP contribution is 2.28. The lowest BCUT2D eigenvalue weighted by Crippen LogP contribution is -2.62. The van der Waals surface area contributed by atoms with Crippen LogP contribution >= 0.6 is 0 Å². The molecule has 1 heterocycles. The highest BCUT2D eigenvalue weighted by atomic mass is 16.6. The van der Waals surface area contributed by atoms with Gasteiger partial charge in [0.05, 0.1) is 6.10 Å². The molecular weight excluding hydrogens is 152 g/mol. The summed E-state index contributed by atoms with van der Waals surface area (Å²) in [7, 11) is 0. The van der Waals surface area contributed by atoms with Gasteiger partial charge in [0.15, 0.2) is 0 Å². The van der Waals surface area contributed by atoms with Crippen molar-refractivity contribution in [3.63, 3.8) is 0 Å². The number of hydrogen-bond acceptors (Lipinski definition) is 5. The van der Waals surface area contributed by atoms with E-state index in [1.807, 2.05) is 0 Å². The fourth-order valence-corrected chi connectivity index (χ4v) is 0.997. The summed E-state index contributed by atoms with van der Waals surface area (Å²) in [5.41, 5.74) is 0. The van der Waals surface area contributed by atoms with Crippen LogP contribution in [0.4, 0.5) is 0 Å². The normalized spacial score (nSPS) is 35.2. The fraction of sp³-hybridized carbons (Fsp3) is 1.00. The van der Waals surface area contributed by atoms with Crippen molar-refractivity contribution in [1.82, 2.24) is 0 Å². The third kappa shape index (κ3) is 1.52. The molecular formula is C6H12O5. The van der Waals surface area contributed by atoms with Gasteiger partial charge < -0.3 is 25.2 Å². The smallest absolute Gasteiger partial charge is 0.242 e. The van der Waals surface area contributed by atoms with Crippen LogP contribution in [-0.2, 0) is 4.74 Å². The monoisotopic (exact) mass is 164 g/mol. The van der Waals surface area contributed by atoms with Crippen molar-refractivity contribution in [3.05, 3.63) is 0 Å². The van der Waals surface area contributed by atoms with Crippen molar-refractivity contribution in [2.45, 2.75) is 31.0 Å². The average Bonchev–Trinajstić information content (AvgIpc) is 1.80. The summed E-state index contributed by atoms with van der Waals surface area (Å²) in [6, 6.07) is 0. The minimum absolute atomic E-state index is 0.208. The summed E-state index contributed by atoms with van der Waals surface area (Å²) in [5, 5.41) is 36.0. The molecule has 0 bridgehead atoms. The quantitative estimate of drug-likeness (QED) is 0.316. The molecule has 5 nitrogen and oxygen atoms in total. The second-order valence-electron chi connectivity index (χ2n) is 2.96. The van der Waals surface area contributed by atoms with E-state index in [4.69, 9.17) is 25.2 Å². The molecule has 1 aliphatic rings. The fourth-order valence-electron chi connectivity index (χ4n) is 0.997.